The van der Waals surface area contributed by atoms with Gasteiger partial charge in [0.15, 0.2) is 5.96 Å². The molecule has 0 bridgehead atoms. The number of halogens is 1. The molecule has 154 valence electrons. The van der Waals surface area contributed by atoms with Gasteiger partial charge in [-0.15, -0.1) is 0 Å². The van der Waals surface area contributed by atoms with Gasteiger partial charge < -0.3 is 20.3 Å². The highest BCUT2D eigenvalue weighted by molar-refractivity contribution is 5.94. The lowest BCUT2D eigenvalue weighted by Gasteiger charge is -2.21. The molecule has 29 heavy (non-hydrogen) atoms. The number of amides is 1. The summed E-state index contributed by atoms with van der Waals surface area (Å²) in [5.41, 5.74) is 1.70. The number of carbonyl (C=O) groups excluding carboxylic acids is 1. The summed E-state index contributed by atoms with van der Waals surface area (Å²) in [5, 5.41) is 5.93. The minimum atomic E-state index is -0.388. The molecule has 2 aromatic rings. The number of nitrogens with one attached hydrogen (secondary N) is 2. The number of anilines is 1. The maximum absolute atomic E-state index is 13.3. The van der Waals surface area contributed by atoms with Crippen molar-refractivity contribution in [3.63, 3.8) is 0 Å². The van der Waals surface area contributed by atoms with E-state index < -0.39 is 0 Å². The van der Waals surface area contributed by atoms with Crippen LogP contribution in [-0.2, 0) is 4.79 Å². The highest BCUT2D eigenvalue weighted by Gasteiger charge is 2.26. The number of ether oxygens (including phenoxy) is 1. The predicted octanol–water partition coefficient (Wildman–Crippen LogP) is 3.23. The van der Waals surface area contributed by atoms with Gasteiger partial charge in [0.05, 0.1) is 7.11 Å². The first-order chi connectivity index (χ1) is 14.1. The van der Waals surface area contributed by atoms with E-state index in [4.69, 9.17) is 4.74 Å². The minimum Gasteiger partial charge on any atom is -0.497 e. The van der Waals surface area contributed by atoms with E-state index >= 15 is 0 Å². The second-order valence-electron chi connectivity index (χ2n) is 6.93. The van der Waals surface area contributed by atoms with Gasteiger partial charge in [-0.25, -0.2) is 9.38 Å². The molecule has 0 aromatic heterocycles. The summed E-state index contributed by atoms with van der Waals surface area (Å²) in [6.07, 6.45) is 1.02. The summed E-state index contributed by atoms with van der Waals surface area (Å²) in [5.74, 6) is 1.31. The van der Waals surface area contributed by atoms with Gasteiger partial charge in [-0.1, -0.05) is 18.2 Å². The number of hydrogen-bond donors (Lipinski definition) is 2. The maximum Gasteiger partial charge on any atom is 0.246 e. The fourth-order valence-electron chi connectivity index (χ4n) is 3.44. The van der Waals surface area contributed by atoms with Crippen LogP contribution in [0.2, 0.25) is 0 Å². The zero-order chi connectivity index (χ0) is 20.6. The van der Waals surface area contributed by atoms with Crippen molar-refractivity contribution < 1.29 is 13.9 Å². The largest absolute Gasteiger partial charge is 0.497 e. The van der Waals surface area contributed by atoms with E-state index in [1.165, 1.54) is 17.7 Å². The molecule has 1 saturated heterocycles. The molecule has 6 nitrogen and oxygen atoms in total. The number of nitrogens with zero attached hydrogens (tertiary/aromatic N) is 2. The van der Waals surface area contributed by atoms with Crippen LogP contribution in [0.5, 0.6) is 5.75 Å². The van der Waals surface area contributed by atoms with Crippen molar-refractivity contribution in [1.82, 2.24) is 10.2 Å². The molecule has 1 aliphatic heterocycles. The smallest absolute Gasteiger partial charge is 0.246 e. The lowest BCUT2D eigenvalue weighted by Crippen LogP contribution is -2.40. The first-order valence-corrected chi connectivity index (χ1v) is 9.81. The summed E-state index contributed by atoms with van der Waals surface area (Å²) in [6.45, 7) is 4.40. The zero-order valence-electron chi connectivity index (χ0n) is 16.8. The summed E-state index contributed by atoms with van der Waals surface area (Å²) in [7, 11) is 1.66. The molecular formula is C22H27FN4O2. The normalized spacial score (nSPS) is 16.6. The van der Waals surface area contributed by atoms with Crippen molar-refractivity contribution in [2.75, 3.05) is 38.6 Å². The molecule has 0 aliphatic carbocycles. The quantitative estimate of drug-likeness (QED) is 0.579. The minimum absolute atomic E-state index is 0.0252. The van der Waals surface area contributed by atoms with E-state index in [0.29, 0.717) is 18.2 Å². The van der Waals surface area contributed by atoms with Gasteiger partial charge in [0.2, 0.25) is 5.91 Å². The van der Waals surface area contributed by atoms with Crippen LogP contribution in [0.4, 0.5) is 10.1 Å². The lowest BCUT2D eigenvalue weighted by atomic mass is 9.98. The van der Waals surface area contributed by atoms with Gasteiger partial charge in [0.1, 0.15) is 18.1 Å². The Kier molecular flexibility index (Phi) is 7.05. The standard InChI is InChI=1S/C22H27FN4O2/c1-3-24-22(25-14-21(28)26-19-6-4-5-18(23)13-19)27-12-11-17(15-27)16-7-9-20(29-2)10-8-16/h4-10,13,17H,3,11-12,14-15H2,1-2H3,(H,24,25)(H,26,28). The third-order valence-corrected chi connectivity index (χ3v) is 4.89. The molecule has 1 heterocycles. The number of aliphatic imine (C=N–C) groups is 1. The molecule has 1 fully saturated rings. The average molecular weight is 398 g/mol. The van der Waals surface area contributed by atoms with Crippen molar-refractivity contribution in [2.24, 2.45) is 4.99 Å². The molecule has 0 spiro atoms. The third kappa shape index (κ3) is 5.70. The molecule has 2 aromatic carbocycles. The van der Waals surface area contributed by atoms with Gasteiger partial charge in [0, 0.05) is 31.2 Å². The fraction of sp³-hybridized carbons (Fsp3) is 0.364. The van der Waals surface area contributed by atoms with Crippen LogP contribution in [0.3, 0.4) is 0 Å². The predicted molar refractivity (Wildman–Crippen MR) is 113 cm³/mol. The van der Waals surface area contributed by atoms with Gasteiger partial charge in [-0.2, -0.15) is 0 Å². The van der Waals surface area contributed by atoms with E-state index in [0.717, 1.165) is 31.2 Å². The summed E-state index contributed by atoms with van der Waals surface area (Å²) >= 11 is 0. The van der Waals surface area contributed by atoms with Crippen LogP contribution in [0.25, 0.3) is 0 Å². The van der Waals surface area contributed by atoms with Crippen LogP contribution in [0, 0.1) is 5.82 Å². The van der Waals surface area contributed by atoms with Gasteiger partial charge in [-0.05, 0) is 49.2 Å². The van der Waals surface area contributed by atoms with E-state index in [1.807, 2.05) is 19.1 Å². The van der Waals surface area contributed by atoms with Crippen molar-refractivity contribution in [3.8, 4) is 5.75 Å². The van der Waals surface area contributed by atoms with E-state index in [9.17, 15) is 9.18 Å². The summed E-state index contributed by atoms with van der Waals surface area (Å²) < 4.78 is 18.5. The molecular weight excluding hydrogens is 371 g/mol. The molecule has 1 unspecified atom stereocenters. The highest BCUT2D eigenvalue weighted by Crippen LogP contribution is 2.28. The molecule has 0 saturated carbocycles. The Morgan fingerprint density at radius 1 is 1.28 bits per heavy atom. The monoisotopic (exact) mass is 398 g/mol. The second-order valence-corrected chi connectivity index (χ2v) is 6.93. The molecule has 0 radical (unpaired) electrons. The van der Waals surface area contributed by atoms with Gasteiger partial charge in [0.25, 0.3) is 0 Å². The Hall–Kier alpha value is -3.09. The van der Waals surface area contributed by atoms with E-state index in [-0.39, 0.29) is 18.3 Å². The molecule has 1 amide bonds. The Labute approximate surface area is 170 Å². The first kappa shape index (κ1) is 20.6. The molecule has 3 rings (SSSR count). The van der Waals surface area contributed by atoms with E-state index in [1.54, 1.807) is 19.2 Å². The molecule has 1 atom stereocenters. The number of methoxy groups -OCH3 is 1. The number of likely N-dealkylation sites (tertiary alicyclic amines) is 1. The van der Waals surface area contributed by atoms with Crippen molar-refractivity contribution in [2.45, 2.75) is 19.3 Å². The average Bonchev–Trinajstić information content (AvgIpc) is 3.21. The maximum atomic E-state index is 13.3. The topological polar surface area (TPSA) is 66.0 Å². The SMILES string of the molecule is CCNC(=NCC(=O)Nc1cccc(F)c1)N1CCC(c2ccc(OC)cc2)C1. The first-order valence-electron chi connectivity index (χ1n) is 9.81. The fourth-order valence-corrected chi connectivity index (χ4v) is 3.44. The Morgan fingerprint density at radius 2 is 2.07 bits per heavy atom. The number of guanidine groups is 1. The Morgan fingerprint density at radius 3 is 2.76 bits per heavy atom. The van der Waals surface area contributed by atoms with Crippen molar-refractivity contribution >= 4 is 17.6 Å². The number of benzene rings is 2. The number of rotatable bonds is 6. The number of carbonyl (C=O) groups is 1. The highest BCUT2D eigenvalue weighted by atomic mass is 19.1. The Balaban J connectivity index is 1.60. The molecule has 7 heteroatoms. The second kappa shape index (κ2) is 9.91. The van der Waals surface area contributed by atoms with Crippen LogP contribution in [-0.4, -0.2) is 50.1 Å². The zero-order valence-corrected chi connectivity index (χ0v) is 16.8. The van der Waals surface area contributed by atoms with Crippen LogP contribution in [0.15, 0.2) is 53.5 Å². The number of hydrogen-bond acceptors (Lipinski definition) is 3. The van der Waals surface area contributed by atoms with Crippen molar-refractivity contribution in [3.05, 3.63) is 59.9 Å². The van der Waals surface area contributed by atoms with Gasteiger partial charge in [-0.3, -0.25) is 4.79 Å². The van der Waals surface area contributed by atoms with Crippen LogP contribution in [0.1, 0.15) is 24.8 Å². The summed E-state index contributed by atoms with van der Waals surface area (Å²) in [4.78, 5) is 18.8. The third-order valence-electron chi connectivity index (χ3n) is 4.89. The van der Waals surface area contributed by atoms with Gasteiger partial charge >= 0.3 is 0 Å². The molecule has 1 aliphatic rings. The summed E-state index contributed by atoms with van der Waals surface area (Å²) in [6, 6.07) is 14.0. The van der Waals surface area contributed by atoms with Crippen molar-refractivity contribution in [1.29, 1.82) is 0 Å². The Bertz CT molecular complexity index is 854. The van der Waals surface area contributed by atoms with Crippen LogP contribution >= 0.6 is 0 Å². The van der Waals surface area contributed by atoms with E-state index in [2.05, 4.69) is 32.7 Å². The molecule has 2 N–H and O–H groups in total. The lowest BCUT2D eigenvalue weighted by molar-refractivity contribution is -0.114. The van der Waals surface area contributed by atoms with Crippen LogP contribution < -0.4 is 15.4 Å².